The average molecular weight is 385 g/mol. The van der Waals surface area contributed by atoms with Gasteiger partial charge in [0.1, 0.15) is 5.82 Å². The molecule has 5 nitrogen and oxygen atoms in total. The van der Waals surface area contributed by atoms with Gasteiger partial charge in [-0.3, -0.25) is 4.79 Å². The van der Waals surface area contributed by atoms with Crippen molar-refractivity contribution in [2.75, 3.05) is 5.75 Å². The molecular formula is C16H18Cl2N4OS. The first-order chi connectivity index (χ1) is 11.5. The van der Waals surface area contributed by atoms with Crippen molar-refractivity contribution in [2.45, 2.75) is 36.9 Å². The zero-order chi connectivity index (χ0) is 17.3. The largest absolute Gasteiger partial charge is 0.349 e. The third-order valence-corrected chi connectivity index (χ3v) is 5.72. The number of carbonyl (C=O) groups excluding carboxylic acids is 1. The molecule has 3 rings (SSSR count). The average Bonchev–Trinajstić information content (AvgIpc) is 3.32. The zero-order valence-corrected chi connectivity index (χ0v) is 15.8. The van der Waals surface area contributed by atoms with Crippen LogP contribution < -0.4 is 5.32 Å². The molecule has 24 heavy (non-hydrogen) atoms. The van der Waals surface area contributed by atoms with E-state index in [1.807, 2.05) is 24.6 Å². The van der Waals surface area contributed by atoms with Gasteiger partial charge in [-0.2, -0.15) is 0 Å². The number of aromatic nitrogens is 3. The predicted octanol–water partition coefficient (Wildman–Crippen LogP) is 3.97. The maximum absolute atomic E-state index is 12.2. The van der Waals surface area contributed by atoms with Crippen LogP contribution in [0.1, 0.15) is 43.1 Å². The Balaban J connectivity index is 1.54. The normalized spacial score (nSPS) is 15.3. The highest BCUT2D eigenvalue weighted by atomic mass is 35.5. The first-order valence-corrected chi connectivity index (χ1v) is 9.46. The van der Waals surface area contributed by atoms with Crippen LogP contribution in [0, 0.1) is 0 Å². The monoisotopic (exact) mass is 384 g/mol. The summed E-state index contributed by atoms with van der Waals surface area (Å²) in [6.45, 7) is 1.91. The number of rotatable bonds is 6. The maximum Gasteiger partial charge on any atom is 0.230 e. The predicted molar refractivity (Wildman–Crippen MR) is 96.7 cm³/mol. The number of hydrogen-bond donors (Lipinski definition) is 1. The molecular weight excluding hydrogens is 367 g/mol. The fraction of sp³-hybridized carbons (Fsp3) is 0.438. The van der Waals surface area contributed by atoms with Crippen molar-refractivity contribution in [2.24, 2.45) is 7.05 Å². The summed E-state index contributed by atoms with van der Waals surface area (Å²) in [7, 11) is 1.95. The lowest BCUT2D eigenvalue weighted by atomic mass is 10.1. The second kappa shape index (κ2) is 7.33. The first-order valence-electron chi connectivity index (χ1n) is 7.72. The fourth-order valence-corrected chi connectivity index (χ4v) is 3.46. The van der Waals surface area contributed by atoms with E-state index < -0.39 is 0 Å². The van der Waals surface area contributed by atoms with Gasteiger partial charge in [0.2, 0.25) is 5.91 Å². The van der Waals surface area contributed by atoms with Crippen LogP contribution in [-0.2, 0) is 11.8 Å². The molecule has 8 heteroatoms. The van der Waals surface area contributed by atoms with Crippen LogP contribution >= 0.6 is 35.0 Å². The Hall–Kier alpha value is -1.24. The van der Waals surface area contributed by atoms with E-state index in [9.17, 15) is 4.79 Å². The van der Waals surface area contributed by atoms with E-state index in [-0.39, 0.29) is 11.9 Å². The highest BCUT2D eigenvalue weighted by molar-refractivity contribution is 7.99. The molecule has 1 aliphatic rings. The highest BCUT2D eigenvalue weighted by Crippen LogP contribution is 2.39. The van der Waals surface area contributed by atoms with Gasteiger partial charge in [0, 0.05) is 13.0 Å². The Labute approximate surface area is 155 Å². The van der Waals surface area contributed by atoms with Gasteiger partial charge in [-0.15, -0.1) is 10.2 Å². The number of nitrogens with zero attached hydrogens (tertiary/aromatic N) is 3. The smallest absolute Gasteiger partial charge is 0.230 e. The Morgan fingerprint density at radius 1 is 1.38 bits per heavy atom. The Morgan fingerprint density at radius 2 is 2.12 bits per heavy atom. The van der Waals surface area contributed by atoms with E-state index in [1.54, 1.807) is 12.1 Å². The van der Waals surface area contributed by atoms with Gasteiger partial charge in [-0.05, 0) is 37.5 Å². The fourth-order valence-electron chi connectivity index (χ4n) is 2.43. The molecule has 1 heterocycles. The van der Waals surface area contributed by atoms with Gasteiger partial charge in [-0.1, -0.05) is 41.0 Å². The van der Waals surface area contributed by atoms with E-state index in [2.05, 4.69) is 15.5 Å². The summed E-state index contributed by atoms with van der Waals surface area (Å²) in [6, 6.07) is 5.22. The van der Waals surface area contributed by atoms with Crippen molar-refractivity contribution in [1.29, 1.82) is 0 Å². The van der Waals surface area contributed by atoms with Crippen LogP contribution in [0.15, 0.2) is 23.4 Å². The van der Waals surface area contributed by atoms with E-state index in [0.717, 1.165) is 16.5 Å². The van der Waals surface area contributed by atoms with Crippen LogP contribution in [0.3, 0.4) is 0 Å². The number of hydrogen-bond acceptors (Lipinski definition) is 4. The van der Waals surface area contributed by atoms with E-state index in [0.29, 0.717) is 21.7 Å². The van der Waals surface area contributed by atoms with Crippen molar-refractivity contribution < 1.29 is 4.79 Å². The van der Waals surface area contributed by atoms with Crippen LogP contribution in [0.5, 0.6) is 0 Å². The second-order valence-electron chi connectivity index (χ2n) is 5.93. The highest BCUT2D eigenvalue weighted by Gasteiger charge is 2.29. The quantitative estimate of drug-likeness (QED) is 0.765. The second-order valence-corrected chi connectivity index (χ2v) is 7.68. The van der Waals surface area contributed by atoms with Gasteiger partial charge < -0.3 is 9.88 Å². The minimum Gasteiger partial charge on any atom is -0.349 e. The first kappa shape index (κ1) is 17.6. The molecule has 1 aromatic heterocycles. The molecule has 128 valence electrons. The molecule has 1 aliphatic carbocycles. The number of carbonyl (C=O) groups is 1. The molecule has 0 saturated heterocycles. The summed E-state index contributed by atoms with van der Waals surface area (Å²) < 4.78 is 1.98. The van der Waals surface area contributed by atoms with Gasteiger partial charge in [0.05, 0.1) is 21.8 Å². The lowest BCUT2D eigenvalue weighted by Crippen LogP contribution is -2.28. The molecule has 0 bridgehead atoms. The number of thioether (sulfide) groups is 1. The molecule has 1 saturated carbocycles. The van der Waals surface area contributed by atoms with E-state index in [4.69, 9.17) is 23.2 Å². The lowest BCUT2D eigenvalue weighted by Gasteiger charge is -2.14. The van der Waals surface area contributed by atoms with E-state index >= 15 is 0 Å². The Morgan fingerprint density at radius 3 is 2.79 bits per heavy atom. The maximum atomic E-state index is 12.2. The zero-order valence-electron chi connectivity index (χ0n) is 13.4. The van der Waals surface area contributed by atoms with Gasteiger partial charge in [-0.25, -0.2) is 0 Å². The van der Waals surface area contributed by atoms with Crippen LogP contribution in [0.2, 0.25) is 10.0 Å². The summed E-state index contributed by atoms with van der Waals surface area (Å²) in [4.78, 5) is 12.2. The molecule has 0 unspecified atom stereocenters. The van der Waals surface area contributed by atoms with Crippen molar-refractivity contribution in [3.63, 3.8) is 0 Å². The SMILES string of the molecule is C[C@H](NC(=O)CSc1nnc(C2CC2)n1C)c1ccc(Cl)c(Cl)c1. The topological polar surface area (TPSA) is 59.8 Å². The number of nitrogens with one attached hydrogen (secondary N) is 1. The number of benzene rings is 1. The number of halogens is 2. The molecule has 0 aliphatic heterocycles. The molecule has 0 radical (unpaired) electrons. The molecule has 1 aromatic carbocycles. The van der Waals surface area contributed by atoms with Crippen molar-refractivity contribution in [3.05, 3.63) is 39.6 Å². The number of amides is 1. The van der Waals surface area contributed by atoms with Gasteiger partial charge >= 0.3 is 0 Å². The summed E-state index contributed by atoms with van der Waals surface area (Å²) in [6.07, 6.45) is 2.36. The Bertz CT molecular complexity index is 761. The van der Waals surface area contributed by atoms with Crippen LogP contribution in [0.4, 0.5) is 0 Å². The van der Waals surface area contributed by atoms with E-state index in [1.165, 1.54) is 24.6 Å². The Kier molecular flexibility index (Phi) is 5.37. The molecule has 1 fully saturated rings. The third kappa shape index (κ3) is 4.05. The molecule has 2 aromatic rings. The summed E-state index contributed by atoms with van der Waals surface area (Å²) in [5.74, 6) is 1.79. The third-order valence-electron chi connectivity index (χ3n) is 3.96. The lowest BCUT2D eigenvalue weighted by molar-refractivity contribution is -0.119. The van der Waals surface area contributed by atoms with Crippen molar-refractivity contribution in [1.82, 2.24) is 20.1 Å². The summed E-state index contributed by atoms with van der Waals surface area (Å²) in [5, 5.41) is 13.1. The molecule has 1 amide bonds. The van der Waals surface area contributed by atoms with Gasteiger partial charge in [0.15, 0.2) is 5.16 Å². The minimum atomic E-state index is -0.144. The van der Waals surface area contributed by atoms with Crippen LogP contribution in [0.25, 0.3) is 0 Å². The van der Waals surface area contributed by atoms with Crippen molar-refractivity contribution >= 4 is 40.9 Å². The van der Waals surface area contributed by atoms with Crippen LogP contribution in [-0.4, -0.2) is 26.4 Å². The minimum absolute atomic E-state index is 0.0606. The molecule has 1 N–H and O–H groups in total. The molecule has 1 atom stereocenters. The summed E-state index contributed by atoms with van der Waals surface area (Å²) >= 11 is 13.3. The van der Waals surface area contributed by atoms with Gasteiger partial charge in [0.25, 0.3) is 0 Å². The van der Waals surface area contributed by atoms with Crippen molar-refractivity contribution in [3.8, 4) is 0 Å². The molecule has 0 spiro atoms. The summed E-state index contributed by atoms with van der Waals surface area (Å²) in [5.41, 5.74) is 0.914. The standard InChI is InChI=1S/C16H18Cl2N4OS/c1-9(11-5-6-12(17)13(18)7-11)19-14(23)8-24-16-21-20-15(22(16)2)10-3-4-10/h5-7,9-10H,3-4,8H2,1-2H3,(H,19,23)/t9-/m0/s1.